The topological polar surface area (TPSA) is 42.0 Å². The second kappa shape index (κ2) is 5.05. The number of carbonyl (C=O) groups excluding carboxylic acids is 1. The Morgan fingerprint density at radius 1 is 1.18 bits per heavy atom. The first-order valence-electron chi connectivity index (χ1n) is 4.83. The fourth-order valence-corrected chi connectivity index (χ4v) is 1.52. The molecule has 0 spiro atoms. The lowest BCUT2D eigenvalue weighted by molar-refractivity contribution is 0.102. The molecule has 1 aromatic heterocycles. The lowest BCUT2D eigenvalue weighted by atomic mass is 10.2. The fourth-order valence-electron chi connectivity index (χ4n) is 1.25. The van der Waals surface area contributed by atoms with Crippen LogP contribution in [0.3, 0.4) is 0 Å². The predicted octanol–water partition coefficient (Wildman–Crippen LogP) is 3.24. The Kier molecular flexibility index (Phi) is 3.49. The molecular formula is C12H8BrFN2O. The molecule has 0 radical (unpaired) electrons. The second-order valence-electron chi connectivity index (χ2n) is 3.33. The van der Waals surface area contributed by atoms with E-state index in [1.165, 1.54) is 18.3 Å². The van der Waals surface area contributed by atoms with E-state index in [-0.39, 0.29) is 5.91 Å². The summed E-state index contributed by atoms with van der Waals surface area (Å²) in [4.78, 5) is 15.2. The third-order valence-electron chi connectivity index (χ3n) is 2.09. The molecule has 0 unspecified atom stereocenters. The van der Waals surface area contributed by atoms with Crippen LogP contribution >= 0.6 is 15.9 Å². The van der Waals surface area contributed by atoms with E-state index in [2.05, 4.69) is 26.2 Å². The van der Waals surface area contributed by atoms with E-state index in [9.17, 15) is 9.18 Å². The van der Waals surface area contributed by atoms with E-state index >= 15 is 0 Å². The highest BCUT2D eigenvalue weighted by Crippen LogP contribution is 2.12. The monoisotopic (exact) mass is 294 g/mol. The van der Waals surface area contributed by atoms with Gasteiger partial charge in [-0.05, 0) is 36.4 Å². The molecule has 2 aromatic rings. The largest absolute Gasteiger partial charge is 0.321 e. The normalized spacial score (nSPS) is 10.0. The molecule has 0 atom stereocenters. The summed E-state index contributed by atoms with van der Waals surface area (Å²) in [6.07, 6.45) is 1.27. The van der Waals surface area contributed by atoms with Crippen molar-refractivity contribution in [3.05, 3.63) is 58.6 Å². The number of halogens is 2. The number of hydrogen-bond acceptors (Lipinski definition) is 2. The maximum Gasteiger partial charge on any atom is 0.255 e. The number of carbonyl (C=O) groups is 1. The molecule has 0 aliphatic carbocycles. The van der Waals surface area contributed by atoms with E-state index in [0.29, 0.717) is 11.3 Å². The lowest BCUT2D eigenvalue weighted by Gasteiger charge is -2.04. The second-order valence-corrected chi connectivity index (χ2v) is 4.25. The van der Waals surface area contributed by atoms with Crippen LogP contribution in [0.5, 0.6) is 0 Å². The van der Waals surface area contributed by atoms with Crippen molar-refractivity contribution in [2.45, 2.75) is 0 Å². The van der Waals surface area contributed by atoms with Crippen LogP contribution in [0, 0.1) is 5.95 Å². The zero-order chi connectivity index (χ0) is 12.3. The van der Waals surface area contributed by atoms with E-state index < -0.39 is 5.95 Å². The van der Waals surface area contributed by atoms with Crippen molar-refractivity contribution >= 4 is 27.5 Å². The molecule has 1 heterocycles. The fraction of sp³-hybridized carbons (Fsp3) is 0. The van der Waals surface area contributed by atoms with Crippen LogP contribution in [-0.2, 0) is 0 Å². The Bertz CT molecular complexity index is 525. The molecule has 1 aromatic carbocycles. The summed E-state index contributed by atoms with van der Waals surface area (Å²) < 4.78 is 13.5. The molecular weight excluding hydrogens is 287 g/mol. The first kappa shape index (κ1) is 11.7. The van der Waals surface area contributed by atoms with Gasteiger partial charge in [0.25, 0.3) is 5.91 Å². The average Bonchev–Trinajstić information content (AvgIpc) is 2.33. The van der Waals surface area contributed by atoms with E-state index in [1.807, 2.05) is 0 Å². The van der Waals surface area contributed by atoms with Gasteiger partial charge in [0, 0.05) is 10.0 Å². The minimum Gasteiger partial charge on any atom is -0.321 e. The molecule has 86 valence electrons. The minimum atomic E-state index is -0.577. The van der Waals surface area contributed by atoms with Crippen molar-refractivity contribution < 1.29 is 9.18 Å². The molecule has 0 bridgehead atoms. The highest BCUT2D eigenvalue weighted by molar-refractivity contribution is 9.10. The Labute approximate surface area is 106 Å². The van der Waals surface area contributed by atoms with Crippen molar-refractivity contribution in [3.8, 4) is 0 Å². The molecule has 0 saturated carbocycles. The van der Waals surface area contributed by atoms with Gasteiger partial charge in [-0.25, -0.2) is 4.98 Å². The van der Waals surface area contributed by atoms with Crippen molar-refractivity contribution in [3.63, 3.8) is 0 Å². The first-order valence-corrected chi connectivity index (χ1v) is 5.63. The maximum atomic E-state index is 12.6. The van der Waals surface area contributed by atoms with Crippen molar-refractivity contribution in [2.75, 3.05) is 5.32 Å². The van der Waals surface area contributed by atoms with Crippen LogP contribution in [0.25, 0.3) is 0 Å². The molecule has 0 fully saturated rings. The lowest BCUT2D eigenvalue weighted by Crippen LogP contribution is -2.11. The van der Waals surface area contributed by atoms with Gasteiger partial charge in [0.1, 0.15) is 0 Å². The Hall–Kier alpha value is -1.75. The summed E-state index contributed by atoms with van der Waals surface area (Å²) in [6.45, 7) is 0. The van der Waals surface area contributed by atoms with Crippen molar-refractivity contribution in [2.24, 2.45) is 0 Å². The molecule has 0 saturated heterocycles. The average molecular weight is 295 g/mol. The molecule has 3 nitrogen and oxygen atoms in total. The van der Waals surface area contributed by atoms with Gasteiger partial charge in [0.15, 0.2) is 0 Å². The Morgan fingerprint density at radius 2 is 1.88 bits per heavy atom. The first-order chi connectivity index (χ1) is 8.15. The smallest absolute Gasteiger partial charge is 0.255 e. The van der Waals surface area contributed by atoms with Gasteiger partial charge in [-0.15, -0.1) is 0 Å². The standard InChI is InChI=1S/C12H8BrFN2O/c13-9-3-1-8(2-4-9)12(17)16-10-5-6-11(14)15-7-10/h1-7H,(H,16,17). The number of hydrogen-bond donors (Lipinski definition) is 1. The summed E-state index contributed by atoms with van der Waals surface area (Å²) in [5, 5.41) is 2.62. The molecule has 1 amide bonds. The molecule has 5 heteroatoms. The highest BCUT2D eigenvalue weighted by atomic mass is 79.9. The third-order valence-corrected chi connectivity index (χ3v) is 2.62. The van der Waals surface area contributed by atoms with Crippen LogP contribution in [0.2, 0.25) is 0 Å². The Morgan fingerprint density at radius 3 is 2.47 bits per heavy atom. The zero-order valence-corrected chi connectivity index (χ0v) is 10.2. The van der Waals surface area contributed by atoms with E-state index in [4.69, 9.17) is 0 Å². The SMILES string of the molecule is O=C(Nc1ccc(F)nc1)c1ccc(Br)cc1. The quantitative estimate of drug-likeness (QED) is 0.864. The summed E-state index contributed by atoms with van der Waals surface area (Å²) in [5.41, 5.74) is 0.983. The summed E-state index contributed by atoms with van der Waals surface area (Å²) in [5.74, 6) is -0.836. The number of amides is 1. The molecule has 1 N–H and O–H groups in total. The van der Waals surface area contributed by atoms with Gasteiger partial charge in [0.05, 0.1) is 11.9 Å². The van der Waals surface area contributed by atoms with Gasteiger partial charge in [0.2, 0.25) is 5.95 Å². The summed E-state index contributed by atoms with van der Waals surface area (Å²) in [6, 6.07) is 9.58. The Balaban J connectivity index is 2.11. The van der Waals surface area contributed by atoms with Crippen LogP contribution in [0.1, 0.15) is 10.4 Å². The molecule has 17 heavy (non-hydrogen) atoms. The van der Waals surface area contributed by atoms with Gasteiger partial charge in [-0.1, -0.05) is 15.9 Å². The third kappa shape index (κ3) is 3.10. The highest BCUT2D eigenvalue weighted by Gasteiger charge is 2.05. The van der Waals surface area contributed by atoms with E-state index in [1.54, 1.807) is 24.3 Å². The van der Waals surface area contributed by atoms with E-state index in [0.717, 1.165) is 4.47 Å². The maximum absolute atomic E-state index is 12.6. The van der Waals surface area contributed by atoms with Crippen molar-refractivity contribution in [1.82, 2.24) is 4.98 Å². The van der Waals surface area contributed by atoms with Crippen LogP contribution in [0.15, 0.2) is 47.1 Å². The number of pyridine rings is 1. The van der Waals surface area contributed by atoms with Gasteiger partial charge in [-0.3, -0.25) is 4.79 Å². The van der Waals surface area contributed by atoms with Crippen molar-refractivity contribution in [1.29, 1.82) is 0 Å². The molecule has 0 aliphatic rings. The number of aromatic nitrogens is 1. The minimum absolute atomic E-state index is 0.258. The number of anilines is 1. The number of nitrogens with one attached hydrogen (secondary N) is 1. The van der Waals surface area contributed by atoms with Crippen LogP contribution in [-0.4, -0.2) is 10.9 Å². The molecule has 0 aliphatic heterocycles. The number of nitrogens with zero attached hydrogens (tertiary/aromatic N) is 1. The summed E-state index contributed by atoms with van der Waals surface area (Å²) in [7, 11) is 0. The van der Waals surface area contributed by atoms with Gasteiger partial charge >= 0.3 is 0 Å². The molecule has 2 rings (SSSR count). The van der Waals surface area contributed by atoms with Crippen LogP contribution < -0.4 is 5.32 Å². The van der Waals surface area contributed by atoms with Crippen LogP contribution in [0.4, 0.5) is 10.1 Å². The number of rotatable bonds is 2. The van der Waals surface area contributed by atoms with Gasteiger partial charge < -0.3 is 5.32 Å². The summed E-state index contributed by atoms with van der Waals surface area (Å²) >= 11 is 3.29. The number of benzene rings is 1. The zero-order valence-electron chi connectivity index (χ0n) is 8.65. The predicted molar refractivity (Wildman–Crippen MR) is 66.3 cm³/mol. The van der Waals surface area contributed by atoms with Gasteiger partial charge in [-0.2, -0.15) is 4.39 Å².